The summed E-state index contributed by atoms with van der Waals surface area (Å²) in [6.45, 7) is 3.92. The minimum atomic E-state index is -0.184. The lowest BCUT2D eigenvalue weighted by Crippen LogP contribution is -2.53. The molecule has 1 saturated heterocycles. The van der Waals surface area contributed by atoms with Crippen molar-refractivity contribution in [3.8, 4) is 6.07 Å². The minimum Gasteiger partial charge on any atom is -0.369 e. The Morgan fingerprint density at radius 3 is 2.33 bits per heavy atom. The van der Waals surface area contributed by atoms with Crippen molar-refractivity contribution in [1.82, 2.24) is 4.90 Å². The van der Waals surface area contributed by atoms with Gasteiger partial charge in [-0.1, -0.05) is 12.8 Å². The van der Waals surface area contributed by atoms with Crippen molar-refractivity contribution in [2.45, 2.75) is 31.7 Å². The number of anilines is 1. The van der Waals surface area contributed by atoms with Crippen molar-refractivity contribution in [3.63, 3.8) is 0 Å². The van der Waals surface area contributed by atoms with E-state index in [1.165, 1.54) is 25.0 Å². The maximum Gasteiger partial charge on any atom is 0.123 e. The highest BCUT2D eigenvalue weighted by molar-refractivity contribution is 5.46. The number of nitrogens with zero attached hydrogens (tertiary/aromatic N) is 3. The molecule has 1 aliphatic heterocycles. The van der Waals surface area contributed by atoms with Crippen LogP contribution in [0.3, 0.4) is 0 Å². The maximum absolute atomic E-state index is 13.0. The van der Waals surface area contributed by atoms with Crippen molar-refractivity contribution in [1.29, 1.82) is 5.26 Å². The zero-order valence-corrected chi connectivity index (χ0v) is 12.3. The summed E-state index contributed by atoms with van der Waals surface area (Å²) in [4.78, 5) is 4.80. The van der Waals surface area contributed by atoms with Crippen LogP contribution in [0, 0.1) is 23.1 Å². The van der Waals surface area contributed by atoms with Gasteiger partial charge in [-0.05, 0) is 37.1 Å². The average molecular weight is 287 g/mol. The molecule has 0 radical (unpaired) electrons. The number of piperazine rings is 1. The predicted octanol–water partition coefficient (Wildman–Crippen LogP) is 3.03. The molecule has 0 spiro atoms. The SMILES string of the molecule is N#CC1CCCCC1N1CCN(c2ccc(F)cc2)CC1. The van der Waals surface area contributed by atoms with Crippen LogP contribution in [0.5, 0.6) is 0 Å². The lowest BCUT2D eigenvalue weighted by Gasteiger charge is -2.43. The Morgan fingerprint density at radius 2 is 1.67 bits per heavy atom. The van der Waals surface area contributed by atoms with Crippen molar-refractivity contribution in [2.24, 2.45) is 5.92 Å². The fraction of sp³-hybridized carbons (Fsp3) is 0.588. The first-order chi connectivity index (χ1) is 10.3. The summed E-state index contributed by atoms with van der Waals surface area (Å²) < 4.78 is 13.0. The molecule has 2 fully saturated rings. The third-order valence-corrected chi connectivity index (χ3v) is 4.87. The van der Waals surface area contributed by atoms with Crippen LogP contribution < -0.4 is 4.90 Å². The van der Waals surface area contributed by atoms with Gasteiger partial charge in [0.15, 0.2) is 0 Å². The molecule has 2 atom stereocenters. The van der Waals surface area contributed by atoms with Gasteiger partial charge in [-0.3, -0.25) is 4.90 Å². The third-order valence-electron chi connectivity index (χ3n) is 4.87. The van der Waals surface area contributed by atoms with Gasteiger partial charge >= 0.3 is 0 Å². The Hall–Kier alpha value is -1.60. The highest BCUT2D eigenvalue weighted by atomic mass is 19.1. The van der Waals surface area contributed by atoms with Crippen LogP contribution in [-0.4, -0.2) is 37.1 Å². The smallest absolute Gasteiger partial charge is 0.123 e. The van der Waals surface area contributed by atoms with E-state index in [1.54, 1.807) is 0 Å². The molecule has 0 amide bonds. The molecule has 3 rings (SSSR count). The van der Waals surface area contributed by atoms with Crippen molar-refractivity contribution in [3.05, 3.63) is 30.1 Å². The van der Waals surface area contributed by atoms with E-state index in [0.29, 0.717) is 6.04 Å². The number of hydrogen-bond donors (Lipinski definition) is 0. The molecular formula is C17H22FN3. The Balaban J connectivity index is 1.59. The van der Waals surface area contributed by atoms with E-state index in [9.17, 15) is 9.65 Å². The fourth-order valence-corrected chi connectivity index (χ4v) is 3.66. The molecule has 2 aliphatic rings. The van der Waals surface area contributed by atoms with Gasteiger partial charge in [-0.2, -0.15) is 5.26 Å². The van der Waals surface area contributed by atoms with Gasteiger partial charge in [0.05, 0.1) is 12.0 Å². The molecule has 3 nitrogen and oxygen atoms in total. The van der Waals surface area contributed by atoms with Gasteiger partial charge in [0.1, 0.15) is 5.82 Å². The summed E-state index contributed by atoms with van der Waals surface area (Å²) in [5.41, 5.74) is 1.09. The molecular weight excluding hydrogens is 265 g/mol. The van der Waals surface area contributed by atoms with Crippen molar-refractivity contribution in [2.75, 3.05) is 31.1 Å². The second-order valence-corrected chi connectivity index (χ2v) is 6.09. The summed E-state index contributed by atoms with van der Waals surface area (Å²) in [5, 5.41) is 9.33. The fourth-order valence-electron chi connectivity index (χ4n) is 3.66. The molecule has 1 aromatic rings. The van der Waals surface area contributed by atoms with E-state index >= 15 is 0 Å². The van der Waals surface area contributed by atoms with E-state index in [2.05, 4.69) is 15.9 Å². The zero-order valence-electron chi connectivity index (χ0n) is 12.3. The van der Waals surface area contributed by atoms with Crippen molar-refractivity contribution < 1.29 is 4.39 Å². The molecule has 2 unspecified atom stereocenters. The maximum atomic E-state index is 13.0. The molecule has 21 heavy (non-hydrogen) atoms. The van der Waals surface area contributed by atoms with Crippen LogP contribution in [0.1, 0.15) is 25.7 Å². The van der Waals surface area contributed by atoms with Crippen LogP contribution in [0.25, 0.3) is 0 Å². The number of benzene rings is 1. The van der Waals surface area contributed by atoms with E-state index < -0.39 is 0 Å². The molecule has 0 aromatic heterocycles. The van der Waals surface area contributed by atoms with Gasteiger partial charge in [0.25, 0.3) is 0 Å². The summed E-state index contributed by atoms with van der Waals surface area (Å²) in [6, 6.07) is 9.69. The Labute approximate surface area is 126 Å². The van der Waals surface area contributed by atoms with E-state index in [1.807, 2.05) is 12.1 Å². The van der Waals surface area contributed by atoms with Gasteiger partial charge in [-0.25, -0.2) is 4.39 Å². The molecule has 1 saturated carbocycles. The number of rotatable bonds is 2. The molecule has 112 valence electrons. The second-order valence-electron chi connectivity index (χ2n) is 6.09. The highest BCUT2D eigenvalue weighted by Gasteiger charge is 2.32. The average Bonchev–Trinajstić information content (AvgIpc) is 2.56. The van der Waals surface area contributed by atoms with Gasteiger partial charge in [0.2, 0.25) is 0 Å². The van der Waals surface area contributed by atoms with Gasteiger partial charge < -0.3 is 4.90 Å². The lowest BCUT2D eigenvalue weighted by atomic mass is 9.84. The monoisotopic (exact) mass is 287 g/mol. The molecule has 4 heteroatoms. The minimum absolute atomic E-state index is 0.184. The first kappa shape index (κ1) is 14.3. The van der Waals surface area contributed by atoms with Crippen LogP contribution >= 0.6 is 0 Å². The molecule has 1 aliphatic carbocycles. The number of halogens is 1. The van der Waals surface area contributed by atoms with Gasteiger partial charge in [0, 0.05) is 37.9 Å². The lowest BCUT2D eigenvalue weighted by molar-refractivity contribution is 0.120. The van der Waals surface area contributed by atoms with Gasteiger partial charge in [-0.15, -0.1) is 0 Å². The highest BCUT2D eigenvalue weighted by Crippen LogP contribution is 2.29. The van der Waals surface area contributed by atoms with Crippen LogP contribution in [0.4, 0.5) is 10.1 Å². The summed E-state index contributed by atoms with van der Waals surface area (Å²) in [7, 11) is 0. The molecule has 1 heterocycles. The first-order valence-corrected chi connectivity index (χ1v) is 7.92. The van der Waals surface area contributed by atoms with Crippen LogP contribution in [-0.2, 0) is 0 Å². The summed E-state index contributed by atoms with van der Waals surface area (Å²) >= 11 is 0. The standard InChI is InChI=1S/C17H22FN3/c18-15-5-7-16(8-6-15)20-9-11-21(12-10-20)17-4-2-1-3-14(17)13-19/h5-8,14,17H,1-4,9-12H2. The number of hydrogen-bond acceptors (Lipinski definition) is 3. The second kappa shape index (κ2) is 6.44. The number of nitriles is 1. The topological polar surface area (TPSA) is 30.3 Å². The third kappa shape index (κ3) is 3.19. The predicted molar refractivity (Wildman–Crippen MR) is 81.5 cm³/mol. The normalized spacial score (nSPS) is 27.3. The van der Waals surface area contributed by atoms with Crippen LogP contribution in [0.15, 0.2) is 24.3 Å². The quantitative estimate of drug-likeness (QED) is 0.837. The van der Waals surface area contributed by atoms with E-state index in [4.69, 9.17) is 0 Å². The van der Waals surface area contributed by atoms with Crippen molar-refractivity contribution >= 4 is 5.69 Å². The Bertz CT molecular complexity index is 500. The molecule has 0 N–H and O–H groups in total. The van der Waals surface area contributed by atoms with Crippen LogP contribution in [0.2, 0.25) is 0 Å². The zero-order chi connectivity index (χ0) is 14.7. The van der Waals surface area contributed by atoms with E-state index in [0.717, 1.165) is 44.7 Å². The molecule has 1 aromatic carbocycles. The Morgan fingerprint density at radius 1 is 1.00 bits per heavy atom. The summed E-state index contributed by atoms with van der Waals surface area (Å²) in [5.74, 6) is 0.0209. The largest absolute Gasteiger partial charge is 0.369 e. The first-order valence-electron chi connectivity index (χ1n) is 7.92. The summed E-state index contributed by atoms with van der Waals surface area (Å²) in [6.07, 6.45) is 4.67. The molecule has 0 bridgehead atoms. The van der Waals surface area contributed by atoms with E-state index in [-0.39, 0.29) is 11.7 Å². The Kier molecular flexibility index (Phi) is 4.40.